The van der Waals surface area contributed by atoms with Crippen molar-refractivity contribution in [3.63, 3.8) is 0 Å². The minimum absolute atomic E-state index is 0.669. The fourth-order valence-electron chi connectivity index (χ4n) is 1.71. The van der Waals surface area contributed by atoms with E-state index < -0.39 is 0 Å². The molecule has 0 amide bonds. The number of hydrogen-bond donors (Lipinski definition) is 1. The minimum Gasteiger partial charge on any atom is -0.315 e. The van der Waals surface area contributed by atoms with Gasteiger partial charge in [-0.2, -0.15) is 11.8 Å². The highest BCUT2D eigenvalue weighted by atomic mass is 32.2. The third-order valence-corrected chi connectivity index (χ3v) is 3.70. The van der Waals surface area contributed by atoms with Crippen LogP contribution in [0.2, 0.25) is 0 Å². The molecule has 0 saturated carbocycles. The Labute approximate surface area is 104 Å². The van der Waals surface area contributed by atoms with Crippen molar-refractivity contribution in [1.29, 1.82) is 0 Å². The smallest absolute Gasteiger partial charge is 0.0184 e. The highest BCUT2D eigenvalue weighted by Gasteiger charge is 1.99. The Kier molecular flexibility index (Phi) is 7.35. The van der Waals surface area contributed by atoms with Crippen molar-refractivity contribution in [2.45, 2.75) is 38.5 Å². The summed E-state index contributed by atoms with van der Waals surface area (Å²) in [6.07, 6.45) is 2.60. The first-order chi connectivity index (χ1) is 7.83. The standard InChI is InChI=1S/C14H23NS/c1-3-15-13(2)8-7-11-16-12-14-9-5-4-6-10-14/h4-6,9-10,13,15H,3,7-8,11-12H2,1-2H3. The zero-order valence-electron chi connectivity index (χ0n) is 10.4. The van der Waals surface area contributed by atoms with Gasteiger partial charge in [0.1, 0.15) is 0 Å². The predicted molar refractivity (Wildman–Crippen MR) is 75.0 cm³/mol. The molecule has 0 aromatic heterocycles. The molecule has 16 heavy (non-hydrogen) atoms. The Morgan fingerprint density at radius 3 is 2.69 bits per heavy atom. The van der Waals surface area contributed by atoms with Crippen molar-refractivity contribution >= 4 is 11.8 Å². The summed E-state index contributed by atoms with van der Waals surface area (Å²) in [4.78, 5) is 0. The molecular weight excluding hydrogens is 214 g/mol. The molecule has 2 heteroatoms. The Balaban J connectivity index is 2.00. The van der Waals surface area contributed by atoms with Gasteiger partial charge in [-0.1, -0.05) is 37.3 Å². The molecule has 1 atom stereocenters. The second-order valence-electron chi connectivity index (χ2n) is 4.14. The van der Waals surface area contributed by atoms with Gasteiger partial charge in [0, 0.05) is 11.8 Å². The molecule has 0 aliphatic rings. The quantitative estimate of drug-likeness (QED) is 0.692. The maximum absolute atomic E-state index is 3.44. The van der Waals surface area contributed by atoms with Gasteiger partial charge >= 0.3 is 0 Å². The van der Waals surface area contributed by atoms with Crippen LogP contribution in [-0.2, 0) is 5.75 Å². The SMILES string of the molecule is CCNC(C)CCCSCc1ccccc1. The van der Waals surface area contributed by atoms with E-state index in [2.05, 4.69) is 49.5 Å². The van der Waals surface area contributed by atoms with Crippen molar-refractivity contribution in [3.05, 3.63) is 35.9 Å². The molecule has 1 rings (SSSR count). The third kappa shape index (κ3) is 6.19. The van der Waals surface area contributed by atoms with E-state index in [4.69, 9.17) is 0 Å². The van der Waals surface area contributed by atoms with Crippen molar-refractivity contribution in [2.24, 2.45) is 0 Å². The van der Waals surface area contributed by atoms with E-state index in [1.54, 1.807) is 0 Å². The first kappa shape index (κ1) is 13.6. The van der Waals surface area contributed by atoms with E-state index in [-0.39, 0.29) is 0 Å². The molecule has 0 saturated heterocycles. The molecule has 1 unspecified atom stereocenters. The van der Waals surface area contributed by atoms with Crippen molar-refractivity contribution in [3.8, 4) is 0 Å². The summed E-state index contributed by atoms with van der Waals surface area (Å²) in [5.41, 5.74) is 1.44. The predicted octanol–water partition coefficient (Wildman–Crippen LogP) is 3.70. The van der Waals surface area contributed by atoms with Crippen LogP contribution in [0.3, 0.4) is 0 Å². The number of thioether (sulfide) groups is 1. The Morgan fingerprint density at radius 1 is 1.25 bits per heavy atom. The summed E-state index contributed by atoms with van der Waals surface area (Å²) in [5, 5.41) is 3.44. The van der Waals surface area contributed by atoms with Crippen LogP contribution >= 0.6 is 11.8 Å². The molecule has 90 valence electrons. The van der Waals surface area contributed by atoms with Crippen LogP contribution in [0, 0.1) is 0 Å². The molecular formula is C14H23NS. The average molecular weight is 237 g/mol. The largest absolute Gasteiger partial charge is 0.315 e. The van der Waals surface area contributed by atoms with E-state index in [1.807, 2.05) is 11.8 Å². The zero-order chi connectivity index (χ0) is 11.6. The van der Waals surface area contributed by atoms with Crippen LogP contribution in [0.4, 0.5) is 0 Å². The maximum Gasteiger partial charge on any atom is 0.0184 e. The second-order valence-corrected chi connectivity index (χ2v) is 5.24. The van der Waals surface area contributed by atoms with E-state index in [0.717, 1.165) is 12.3 Å². The van der Waals surface area contributed by atoms with Gasteiger partial charge in [0.25, 0.3) is 0 Å². The summed E-state index contributed by atoms with van der Waals surface area (Å²) >= 11 is 2.04. The van der Waals surface area contributed by atoms with Gasteiger partial charge in [0.2, 0.25) is 0 Å². The highest BCUT2D eigenvalue weighted by Crippen LogP contribution is 2.13. The van der Waals surface area contributed by atoms with Crippen LogP contribution in [0.25, 0.3) is 0 Å². The van der Waals surface area contributed by atoms with Gasteiger partial charge < -0.3 is 5.32 Å². The Bertz CT molecular complexity index is 261. The zero-order valence-corrected chi connectivity index (χ0v) is 11.2. The lowest BCUT2D eigenvalue weighted by atomic mass is 10.2. The highest BCUT2D eigenvalue weighted by molar-refractivity contribution is 7.98. The Hall–Kier alpha value is -0.470. The average Bonchev–Trinajstić information content (AvgIpc) is 2.30. The van der Waals surface area contributed by atoms with Gasteiger partial charge in [-0.15, -0.1) is 0 Å². The summed E-state index contributed by atoms with van der Waals surface area (Å²) in [5.74, 6) is 2.42. The first-order valence-electron chi connectivity index (χ1n) is 6.18. The molecule has 1 aromatic carbocycles. The first-order valence-corrected chi connectivity index (χ1v) is 7.33. The van der Waals surface area contributed by atoms with Crippen LogP contribution < -0.4 is 5.32 Å². The lowest BCUT2D eigenvalue weighted by molar-refractivity contribution is 0.526. The van der Waals surface area contributed by atoms with Crippen molar-refractivity contribution in [2.75, 3.05) is 12.3 Å². The van der Waals surface area contributed by atoms with E-state index >= 15 is 0 Å². The van der Waals surface area contributed by atoms with Gasteiger partial charge in [-0.25, -0.2) is 0 Å². The topological polar surface area (TPSA) is 12.0 Å². The lowest BCUT2D eigenvalue weighted by Gasteiger charge is -2.11. The number of benzene rings is 1. The molecule has 0 heterocycles. The van der Waals surface area contributed by atoms with Crippen molar-refractivity contribution < 1.29 is 0 Å². The molecule has 0 bridgehead atoms. The molecule has 0 fully saturated rings. The summed E-state index contributed by atoms with van der Waals surface area (Å²) in [6.45, 7) is 5.52. The van der Waals surface area contributed by atoms with Crippen molar-refractivity contribution in [1.82, 2.24) is 5.32 Å². The molecule has 1 N–H and O–H groups in total. The molecule has 0 aliphatic heterocycles. The molecule has 0 aliphatic carbocycles. The molecule has 0 spiro atoms. The van der Waals surface area contributed by atoms with Crippen LogP contribution in [0.5, 0.6) is 0 Å². The van der Waals surface area contributed by atoms with Gasteiger partial charge in [0.15, 0.2) is 0 Å². The fourth-order valence-corrected chi connectivity index (χ4v) is 2.65. The van der Waals surface area contributed by atoms with Crippen LogP contribution in [0.15, 0.2) is 30.3 Å². The van der Waals surface area contributed by atoms with Gasteiger partial charge in [-0.05, 0) is 37.6 Å². The normalized spacial score (nSPS) is 12.6. The number of hydrogen-bond acceptors (Lipinski definition) is 2. The third-order valence-electron chi connectivity index (χ3n) is 2.59. The molecule has 1 aromatic rings. The van der Waals surface area contributed by atoms with Crippen LogP contribution in [0.1, 0.15) is 32.3 Å². The van der Waals surface area contributed by atoms with E-state index in [9.17, 15) is 0 Å². The maximum atomic E-state index is 3.44. The Morgan fingerprint density at radius 2 is 2.00 bits per heavy atom. The summed E-state index contributed by atoms with van der Waals surface area (Å²) < 4.78 is 0. The lowest BCUT2D eigenvalue weighted by Crippen LogP contribution is -2.25. The molecule has 0 radical (unpaired) electrons. The summed E-state index contributed by atoms with van der Waals surface area (Å²) in [7, 11) is 0. The second kappa shape index (κ2) is 8.66. The molecule has 1 nitrogen and oxygen atoms in total. The monoisotopic (exact) mass is 237 g/mol. The van der Waals surface area contributed by atoms with Gasteiger partial charge in [-0.3, -0.25) is 0 Å². The van der Waals surface area contributed by atoms with E-state index in [1.165, 1.54) is 24.2 Å². The number of nitrogens with one attached hydrogen (secondary N) is 1. The van der Waals surface area contributed by atoms with E-state index in [0.29, 0.717) is 6.04 Å². The minimum atomic E-state index is 0.669. The fraction of sp³-hybridized carbons (Fsp3) is 0.571. The number of rotatable bonds is 8. The summed E-state index contributed by atoms with van der Waals surface area (Å²) in [6, 6.07) is 11.4. The van der Waals surface area contributed by atoms with Gasteiger partial charge in [0.05, 0.1) is 0 Å². The van der Waals surface area contributed by atoms with Crippen LogP contribution in [-0.4, -0.2) is 18.3 Å².